The minimum absolute atomic E-state index is 0.151. The number of nitrogens with one attached hydrogen (secondary N) is 1. The van der Waals surface area contributed by atoms with E-state index in [0.29, 0.717) is 29.9 Å². The highest BCUT2D eigenvalue weighted by Gasteiger charge is 2.28. The Kier molecular flexibility index (Phi) is 4.73. The summed E-state index contributed by atoms with van der Waals surface area (Å²) in [6.45, 7) is 2.49. The summed E-state index contributed by atoms with van der Waals surface area (Å²) in [5.74, 6) is 0.786. The SMILES string of the molecule is O=C(Nc1ccc(N2CCCC2)nc1)c1cccc(N2CCCS2(=O)=O)c1. The summed E-state index contributed by atoms with van der Waals surface area (Å²) >= 11 is 0. The van der Waals surface area contributed by atoms with E-state index in [1.54, 1.807) is 30.5 Å². The first-order valence-corrected chi connectivity index (χ1v) is 10.8. The quantitative estimate of drug-likeness (QED) is 0.873. The third kappa shape index (κ3) is 3.75. The van der Waals surface area contributed by atoms with Gasteiger partial charge in [-0.1, -0.05) is 6.07 Å². The molecule has 1 aromatic heterocycles. The molecular weight excluding hydrogens is 364 g/mol. The number of aromatic nitrogens is 1. The van der Waals surface area contributed by atoms with Crippen molar-refractivity contribution in [3.8, 4) is 0 Å². The van der Waals surface area contributed by atoms with Gasteiger partial charge in [0.1, 0.15) is 5.82 Å². The largest absolute Gasteiger partial charge is 0.357 e. The van der Waals surface area contributed by atoms with Gasteiger partial charge in [0.15, 0.2) is 0 Å². The number of amides is 1. The van der Waals surface area contributed by atoms with Crippen LogP contribution in [0.3, 0.4) is 0 Å². The Morgan fingerprint density at radius 2 is 1.85 bits per heavy atom. The molecule has 7 nitrogen and oxygen atoms in total. The fraction of sp³-hybridized carbons (Fsp3) is 0.368. The van der Waals surface area contributed by atoms with Crippen LogP contribution >= 0.6 is 0 Å². The number of benzene rings is 1. The van der Waals surface area contributed by atoms with Crippen molar-refractivity contribution in [3.05, 3.63) is 48.2 Å². The van der Waals surface area contributed by atoms with Gasteiger partial charge >= 0.3 is 0 Å². The van der Waals surface area contributed by atoms with Crippen LogP contribution in [0.2, 0.25) is 0 Å². The first-order chi connectivity index (χ1) is 13.0. The van der Waals surface area contributed by atoms with Gasteiger partial charge in [-0.05, 0) is 49.6 Å². The molecule has 0 atom stereocenters. The first-order valence-electron chi connectivity index (χ1n) is 9.16. The molecule has 2 aliphatic rings. The van der Waals surface area contributed by atoms with Crippen molar-refractivity contribution >= 4 is 33.1 Å². The maximum atomic E-state index is 12.6. The van der Waals surface area contributed by atoms with Crippen LogP contribution in [0.5, 0.6) is 0 Å². The van der Waals surface area contributed by atoms with Crippen molar-refractivity contribution in [3.63, 3.8) is 0 Å². The van der Waals surface area contributed by atoms with E-state index in [1.165, 1.54) is 17.1 Å². The van der Waals surface area contributed by atoms with Gasteiger partial charge in [0.05, 0.1) is 23.3 Å². The van der Waals surface area contributed by atoms with E-state index < -0.39 is 10.0 Å². The minimum Gasteiger partial charge on any atom is -0.357 e. The van der Waals surface area contributed by atoms with Gasteiger partial charge in [-0.15, -0.1) is 0 Å². The van der Waals surface area contributed by atoms with Crippen LogP contribution in [0.1, 0.15) is 29.6 Å². The molecule has 2 saturated heterocycles. The summed E-state index contributed by atoms with van der Waals surface area (Å²) in [6, 6.07) is 10.5. The smallest absolute Gasteiger partial charge is 0.255 e. The van der Waals surface area contributed by atoms with Gasteiger partial charge in [0.25, 0.3) is 5.91 Å². The highest BCUT2D eigenvalue weighted by Crippen LogP contribution is 2.25. The second-order valence-corrected chi connectivity index (χ2v) is 8.86. The standard InChI is InChI=1S/C19H22N4O3S/c24-19(21-16-7-8-18(20-14-16)22-9-1-2-10-22)15-5-3-6-17(13-15)23-11-4-12-27(23,25)26/h3,5-8,13-14H,1-2,4,9-12H2,(H,21,24). The van der Waals surface area contributed by atoms with Crippen LogP contribution in [0.4, 0.5) is 17.2 Å². The van der Waals surface area contributed by atoms with Crippen LogP contribution in [-0.4, -0.2) is 44.7 Å². The number of anilines is 3. The Morgan fingerprint density at radius 1 is 1.04 bits per heavy atom. The van der Waals surface area contributed by atoms with Crippen molar-refractivity contribution in [2.24, 2.45) is 0 Å². The summed E-state index contributed by atoms with van der Waals surface area (Å²) in [7, 11) is -3.27. The molecule has 1 amide bonds. The monoisotopic (exact) mass is 386 g/mol. The molecule has 8 heteroatoms. The van der Waals surface area contributed by atoms with Crippen molar-refractivity contribution in [2.75, 3.05) is 39.9 Å². The number of carbonyl (C=O) groups is 1. The number of rotatable bonds is 4. The average Bonchev–Trinajstić information content (AvgIpc) is 3.32. The van der Waals surface area contributed by atoms with Crippen LogP contribution in [0.25, 0.3) is 0 Å². The zero-order valence-electron chi connectivity index (χ0n) is 15.0. The van der Waals surface area contributed by atoms with Crippen LogP contribution < -0.4 is 14.5 Å². The average molecular weight is 386 g/mol. The number of pyridine rings is 1. The molecule has 2 fully saturated rings. The van der Waals surface area contributed by atoms with Gasteiger partial charge in [-0.3, -0.25) is 9.10 Å². The van der Waals surface area contributed by atoms with E-state index in [-0.39, 0.29) is 11.7 Å². The summed E-state index contributed by atoms with van der Waals surface area (Å²) in [4.78, 5) is 19.2. The molecule has 0 spiro atoms. The fourth-order valence-electron chi connectivity index (χ4n) is 3.53. The molecule has 2 aromatic rings. The molecule has 27 heavy (non-hydrogen) atoms. The van der Waals surface area contributed by atoms with Gasteiger partial charge in [0, 0.05) is 25.2 Å². The molecule has 1 N–H and O–H groups in total. The summed E-state index contributed by atoms with van der Waals surface area (Å²) in [5.41, 5.74) is 1.56. The topological polar surface area (TPSA) is 82.6 Å². The number of hydrogen-bond acceptors (Lipinski definition) is 5. The maximum absolute atomic E-state index is 12.6. The second-order valence-electron chi connectivity index (χ2n) is 6.85. The number of hydrogen-bond donors (Lipinski definition) is 1. The molecule has 0 saturated carbocycles. The van der Waals surface area contributed by atoms with Crippen LogP contribution in [-0.2, 0) is 10.0 Å². The molecule has 3 heterocycles. The normalized spacial score (nSPS) is 18.7. The first kappa shape index (κ1) is 17.8. The highest BCUT2D eigenvalue weighted by atomic mass is 32.2. The Balaban J connectivity index is 1.47. The predicted octanol–water partition coefficient (Wildman–Crippen LogP) is 2.47. The fourth-order valence-corrected chi connectivity index (χ4v) is 5.08. The molecule has 0 aliphatic carbocycles. The van der Waals surface area contributed by atoms with E-state index in [9.17, 15) is 13.2 Å². The second kappa shape index (κ2) is 7.19. The van der Waals surface area contributed by atoms with E-state index in [0.717, 1.165) is 18.9 Å². The lowest BCUT2D eigenvalue weighted by Gasteiger charge is -2.18. The molecule has 4 rings (SSSR count). The third-order valence-electron chi connectivity index (χ3n) is 4.93. The Bertz CT molecular complexity index is 938. The lowest BCUT2D eigenvalue weighted by atomic mass is 10.2. The van der Waals surface area contributed by atoms with E-state index in [1.807, 2.05) is 12.1 Å². The molecule has 2 aliphatic heterocycles. The molecule has 0 bridgehead atoms. The highest BCUT2D eigenvalue weighted by molar-refractivity contribution is 7.93. The van der Waals surface area contributed by atoms with E-state index >= 15 is 0 Å². The Labute approximate surface area is 159 Å². The van der Waals surface area contributed by atoms with Crippen LogP contribution in [0.15, 0.2) is 42.6 Å². The summed E-state index contributed by atoms with van der Waals surface area (Å²) in [6.07, 6.45) is 4.63. The van der Waals surface area contributed by atoms with E-state index in [4.69, 9.17) is 0 Å². The van der Waals surface area contributed by atoms with Gasteiger partial charge < -0.3 is 10.2 Å². The zero-order chi connectivity index (χ0) is 18.9. The number of sulfonamides is 1. The van der Waals surface area contributed by atoms with E-state index in [2.05, 4.69) is 15.2 Å². The summed E-state index contributed by atoms with van der Waals surface area (Å²) < 4.78 is 25.5. The maximum Gasteiger partial charge on any atom is 0.255 e. The lowest BCUT2D eigenvalue weighted by Crippen LogP contribution is -2.25. The molecule has 1 aromatic carbocycles. The molecule has 142 valence electrons. The number of nitrogens with zero attached hydrogens (tertiary/aromatic N) is 3. The van der Waals surface area contributed by atoms with Crippen molar-refractivity contribution in [1.82, 2.24) is 4.98 Å². The van der Waals surface area contributed by atoms with Gasteiger partial charge in [-0.2, -0.15) is 0 Å². The van der Waals surface area contributed by atoms with Crippen LogP contribution in [0, 0.1) is 0 Å². The van der Waals surface area contributed by atoms with Crippen molar-refractivity contribution < 1.29 is 13.2 Å². The van der Waals surface area contributed by atoms with Gasteiger partial charge in [-0.25, -0.2) is 13.4 Å². The summed E-state index contributed by atoms with van der Waals surface area (Å²) in [5, 5.41) is 2.83. The number of carbonyl (C=O) groups excluding carboxylic acids is 1. The van der Waals surface area contributed by atoms with Crippen molar-refractivity contribution in [2.45, 2.75) is 19.3 Å². The molecule has 0 radical (unpaired) electrons. The third-order valence-corrected chi connectivity index (χ3v) is 6.80. The van der Waals surface area contributed by atoms with Gasteiger partial charge in [0.2, 0.25) is 10.0 Å². The van der Waals surface area contributed by atoms with Crippen molar-refractivity contribution in [1.29, 1.82) is 0 Å². The Hall–Kier alpha value is -2.61. The molecule has 0 unspecified atom stereocenters. The Morgan fingerprint density at radius 3 is 2.52 bits per heavy atom. The zero-order valence-corrected chi connectivity index (χ0v) is 15.8. The molecular formula is C19H22N4O3S. The lowest BCUT2D eigenvalue weighted by molar-refractivity contribution is 0.102. The minimum atomic E-state index is -3.27. The predicted molar refractivity (Wildman–Crippen MR) is 106 cm³/mol.